The lowest BCUT2D eigenvalue weighted by Gasteiger charge is -2.33. The smallest absolute Gasteiger partial charge is 0.258 e. The van der Waals surface area contributed by atoms with Gasteiger partial charge in [-0.3, -0.25) is 14.6 Å². The monoisotopic (exact) mass is 381 g/mol. The van der Waals surface area contributed by atoms with Crippen LogP contribution >= 0.6 is 0 Å². The third kappa shape index (κ3) is 3.13. The number of halogens is 1. The number of nitriles is 1. The van der Waals surface area contributed by atoms with Crippen molar-refractivity contribution < 1.29 is 9.18 Å². The minimum absolute atomic E-state index is 0.170. The van der Waals surface area contributed by atoms with E-state index in [0.717, 1.165) is 25.9 Å². The number of carbonyl (C=O) groups excluding carboxylic acids is 1. The summed E-state index contributed by atoms with van der Waals surface area (Å²) in [5, 5.41) is 12.1. The Morgan fingerprint density at radius 3 is 2.54 bits per heavy atom. The van der Waals surface area contributed by atoms with Gasteiger partial charge in [0.25, 0.3) is 5.56 Å². The van der Waals surface area contributed by atoms with Gasteiger partial charge in [0.15, 0.2) is 0 Å². The Labute approximate surface area is 161 Å². The zero-order valence-electron chi connectivity index (χ0n) is 15.4. The van der Waals surface area contributed by atoms with Crippen LogP contribution in [-0.4, -0.2) is 29.0 Å². The van der Waals surface area contributed by atoms with Gasteiger partial charge in [0, 0.05) is 19.0 Å². The van der Waals surface area contributed by atoms with E-state index in [9.17, 15) is 19.2 Å². The molecule has 4 rings (SSSR count). The molecule has 0 unspecified atom stereocenters. The first-order valence-corrected chi connectivity index (χ1v) is 9.33. The Morgan fingerprint density at radius 2 is 1.89 bits per heavy atom. The Balaban J connectivity index is 1.80. The number of amides is 1. The van der Waals surface area contributed by atoms with Crippen LogP contribution in [0.1, 0.15) is 36.8 Å². The number of hydrogen-bond donors (Lipinski definition) is 2. The molecule has 2 atom stereocenters. The van der Waals surface area contributed by atoms with Crippen LogP contribution in [-0.2, 0) is 4.79 Å². The van der Waals surface area contributed by atoms with Gasteiger partial charge in [-0.1, -0.05) is 19.1 Å². The molecule has 2 N–H and O–H groups in total. The van der Waals surface area contributed by atoms with Crippen molar-refractivity contribution in [1.82, 2.24) is 9.97 Å². The zero-order chi connectivity index (χ0) is 19.8. The molecule has 1 aromatic heterocycles. The van der Waals surface area contributed by atoms with Crippen LogP contribution < -0.4 is 15.8 Å². The number of anilines is 2. The van der Waals surface area contributed by atoms with Crippen LogP contribution in [0.25, 0.3) is 0 Å². The molecule has 0 saturated carbocycles. The molecule has 1 saturated heterocycles. The lowest BCUT2D eigenvalue weighted by atomic mass is 9.79. The third-order valence-corrected chi connectivity index (χ3v) is 5.56. The lowest BCUT2D eigenvalue weighted by molar-refractivity contribution is -0.119. The molecule has 2 aromatic rings. The summed E-state index contributed by atoms with van der Waals surface area (Å²) in [4.78, 5) is 34.8. The number of fused-ring (bicyclic) bond motifs is 1. The number of hydrogen-bond acceptors (Lipinski definition) is 5. The SMILES string of the molecule is CC1CCN(c2nc3c(c(=O)[nH]2)[C@H](c2ccc(F)cc2)[C@@H](C#N)C(=O)N3)CC1. The first-order chi connectivity index (χ1) is 13.5. The summed E-state index contributed by atoms with van der Waals surface area (Å²) in [7, 11) is 0. The van der Waals surface area contributed by atoms with Gasteiger partial charge in [-0.2, -0.15) is 10.2 Å². The Hall–Kier alpha value is -3.21. The molecular weight excluding hydrogens is 361 g/mol. The van der Waals surface area contributed by atoms with Crippen molar-refractivity contribution >= 4 is 17.7 Å². The van der Waals surface area contributed by atoms with E-state index in [4.69, 9.17) is 0 Å². The van der Waals surface area contributed by atoms with Crippen molar-refractivity contribution in [2.45, 2.75) is 25.7 Å². The number of piperidine rings is 1. The van der Waals surface area contributed by atoms with Gasteiger partial charge in [-0.25, -0.2) is 4.39 Å². The molecule has 2 aliphatic heterocycles. The molecule has 1 fully saturated rings. The van der Waals surface area contributed by atoms with E-state index in [-0.39, 0.29) is 11.4 Å². The topological polar surface area (TPSA) is 102 Å². The van der Waals surface area contributed by atoms with Gasteiger partial charge in [0.05, 0.1) is 11.6 Å². The van der Waals surface area contributed by atoms with E-state index in [1.807, 2.05) is 11.0 Å². The van der Waals surface area contributed by atoms with E-state index in [2.05, 4.69) is 22.2 Å². The second-order valence-corrected chi connectivity index (χ2v) is 7.45. The number of nitrogens with one attached hydrogen (secondary N) is 2. The minimum atomic E-state index is -1.09. The summed E-state index contributed by atoms with van der Waals surface area (Å²) >= 11 is 0. The number of rotatable bonds is 2. The van der Waals surface area contributed by atoms with E-state index >= 15 is 0 Å². The minimum Gasteiger partial charge on any atom is -0.342 e. The highest BCUT2D eigenvalue weighted by Gasteiger charge is 2.40. The molecule has 7 nitrogen and oxygen atoms in total. The molecule has 3 heterocycles. The predicted octanol–water partition coefficient (Wildman–Crippen LogP) is 2.37. The fraction of sp³-hybridized carbons (Fsp3) is 0.400. The first kappa shape index (κ1) is 18.2. The van der Waals surface area contributed by atoms with E-state index in [1.54, 1.807) is 0 Å². The summed E-state index contributed by atoms with van der Waals surface area (Å²) in [6.07, 6.45) is 2.00. The number of carbonyl (C=O) groups is 1. The van der Waals surface area contributed by atoms with Crippen LogP contribution in [0.2, 0.25) is 0 Å². The standard InChI is InChI=1S/C20H20FN5O2/c1-11-6-8-26(9-7-11)20-24-17-16(19(28)25-20)15(14(10-22)18(27)23-17)12-2-4-13(21)5-3-12/h2-5,11,14-15H,6-9H2,1H3,(H2,23,24,25,27,28)/t14-,15-/m1/s1. The summed E-state index contributed by atoms with van der Waals surface area (Å²) < 4.78 is 13.3. The number of H-pyrrole nitrogens is 1. The van der Waals surface area contributed by atoms with Crippen LogP contribution in [0.4, 0.5) is 16.2 Å². The van der Waals surface area contributed by atoms with Crippen LogP contribution in [0.5, 0.6) is 0 Å². The Morgan fingerprint density at radius 1 is 1.21 bits per heavy atom. The molecule has 1 amide bonds. The van der Waals surface area contributed by atoms with Gasteiger partial charge in [0.2, 0.25) is 11.9 Å². The molecule has 0 aliphatic carbocycles. The second-order valence-electron chi connectivity index (χ2n) is 7.45. The van der Waals surface area contributed by atoms with Crippen molar-refractivity contribution in [3.63, 3.8) is 0 Å². The highest BCUT2D eigenvalue weighted by molar-refractivity contribution is 5.97. The van der Waals surface area contributed by atoms with Crippen molar-refractivity contribution in [2.75, 3.05) is 23.3 Å². The zero-order valence-corrected chi connectivity index (χ0v) is 15.4. The van der Waals surface area contributed by atoms with Gasteiger partial charge in [-0.05, 0) is 36.5 Å². The van der Waals surface area contributed by atoms with Crippen LogP contribution in [0.15, 0.2) is 29.1 Å². The third-order valence-electron chi connectivity index (χ3n) is 5.56. The number of aromatic amines is 1. The fourth-order valence-electron chi connectivity index (χ4n) is 3.90. The average Bonchev–Trinajstić information content (AvgIpc) is 2.68. The first-order valence-electron chi connectivity index (χ1n) is 9.33. The number of aromatic nitrogens is 2. The second kappa shape index (κ2) is 7.08. The normalized spacial score (nSPS) is 22.3. The van der Waals surface area contributed by atoms with Crippen molar-refractivity contribution in [2.24, 2.45) is 11.8 Å². The quantitative estimate of drug-likeness (QED) is 0.832. The molecular formula is C20H20FN5O2. The van der Waals surface area contributed by atoms with Crippen molar-refractivity contribution in [3.8, 4) is 6.07 Å². The maximum atomic E-state index is 13.3. The number of benzene rings is 1. The fourth-order valence-corrected chi connectivity index (χ4v) is 3.90. The van der Waals surface area contributed by atoms with E-state index < -0.39 is 29.1 Å². The molecule has 8 heteroatoms. The summed E-state index contributed by atoms with van der Waals surface area (Å²) in [5.41, 5.74) is 0.357. The van der Waals surface area contributed by atoms with Gasteiger partial charge in [0.1, 0.15) is 17.6 Å². The van der Waals surface area contributed by atoms with Gasteiger partial charge in [-0.15, -0.1) is 0 Å². The molecule has 1 aromatic carbocycles. The summed E-state index contributed by atoms with van der Waals surface area (Å²) in [5.74, 6) is -1.63. The van der Waals surface area contributed by atoms with Gasteiger partial charge < -0.3 is 10.2 Å². The van der Waals surface area contributed by atoms with E-state index in [0.29, 0.717) is 17.4 Å². The Bertz CT molecular complexity index is 1000. The average molecular weight is 381 g/mol. The maximum Gasteiger partial charge on any atom is 0.258 e. The molecule has 144 valence electrons. The molecule has 28 heavy (non-hydrogen) atoms. The summed E-state index contributed by atoms with van der Waals surface area (Å²) in [6.45, 7) is 3.74. The highest BCUT2D eigenvalue weighted by atomic mass is 19.1. The largest absolute Gasteiger partial charge is 0.342 e. The van der Waals surface area contributed by atoms with E-state index in [1.165, 1.54) is 24.3 Å². The maximum absolute atomic E-state index is 13.3. The van der Waals surface area contributed by atoms with Crippen molar-refractivity contribution in [1.29, 1.82) is 5.26 Å². The van der Waals surface area contributed by atoms with Gasteiger partial charge >= 0.3 is 0 Å². The molecule has 0 spiro atoms. The van der Waals surface area contributed by atoms with Crippen LogP contribution in [0, 0.1) is 29.0 Å². The Kier molecular flexibility index (Phi) is 4.59. The lowest BCUT2D eigenvalue weighted by Crippen LogP contribution is -2.40. The summed E-state index contributed by atoms with van der Waals surface area (Å²) in [6, 6.07) is 7.46. The number of nitrogens with zero attached hydrogens (tertiary/aromatic N) is 3. The highest BCUT2D eigenvalue weighted by Crippen LogP contribution is 2.38. The molecule has 0 radical (unpaired) electrons. The molecule has 0 bridgehead atoms. The van der Waals surface area contributed by atoms with Crippen LogP contribution in [0.3, 0.4) is 0 Å². The molecule has 2 aliphatic rings. The predicted molar refractivity (Wildman–Crippen MR) is 101 cm³/mol. The van der Waals surface area contributed by atoms with Crippen molar-refractivity contribution in [3.05, 3.63) is 51.6 Å².